The summed E-state index contributed by atoms with van der Waals surface area (Å²) in [4.78, 5) is 35.4. The lowest BCUT2D eigenvalue weighted by Crippen LogP contribution is -2.47. The molecular weight excluding hydrogens is 557 g/mol. The van der Waals surface area contributed by atoms with Crippen molar-refractivity contribution in [1.29, 1.82) is 0 Å². The largest absolute Gasteiger partial charge is 0.490 e. The van der Waals surface area contributed by atoms with Crippen molar-refractivity contribution in [3.63, 3.8) is 0 Å². The molecule has 10 nitrogen and oxygen atoms in total. The monoisotopic (exact) mass is 583 g/mol. The summed E-state index contributed by atoms with van der Waals surface area (Å²) in [6.07, 6.45) is 0.965. The molecular formula is C23H26IN3O7. The van der Waals surface area contributed by atoms with Gasteiger partial charge in [0, 0.05) is 6.42 Å². The fourth-order valence-electron chi connectivity index (χ4n) is 2.82. The summed E-state index contributed by atoms with van der Waals surface area (Å²) in [6.45, 7) is 3.48. The third-order valence-electron chi connectivity index (χ3n) is 4.23. The molecule has 0 fully saturated rings. The smallest absolute Gasteiger partial charge is 0.407 e. The minimum Gasteiger partial charge on any atom is -0.490 e. The maximum absolute atomic E-state index is 12.7. The van der Waals surface area contributed by atoms with Crippen molar-refractivity contribution in [2.75, 3.05) is 19.8 Å². The Morgan fingerprint density at radius 1 is 1.12 bits per heavy atom. The number of amides is 2. The van der Waals surface area contributed by atoms with Crippen molar-refractivity contribution in [3.8, 4) is 11.5 Å². The van der Waals surface area contributed by atoms with E-state index in [1.807, 2.05) is 52.9 Å². The number of hydrogen-bond acceptors (Lipinski definition) is 7. The number of hydrazone groups is 1. The molecule has 2 rings (SSSR count). The summed E-state index contributed by atoms with van der Waals surface area (Å²) < 4.78 is 16.4. The molecule has 0 aliphatic carbocycles. The van der Waals surface area contributed by atoms with Crippen LogP contribution in [0.1, 0.15) is 25.0 Å². The Morgan fingerprint density at radius 3 is 2.50 bits per heavy atom. The SMILES string of the molecule is CCOC(=O)N[C@H](Cc1ccccc1)C(=O)N/N=C\c1cc(I)c(OCC(=O)O)c(OCC)c1. The Kier molecular flexibility index (Phi) is 11.1. The summed E-state index contributed by atoms with van der Waals surface area (Å²) in [5, 5.41) is 15.4. The summed E-state index contributed by atoms with van der Waals surface area (Å²) in [5.74, 6) is -0.954. The van der Waals surface area contributed by atoms with Gasteiger partial charge in [-0.05, 0) is 59.7 Å². The van der Waals surface area contributed by atoms with Crippen LogP contribution in [0.2, 0.25) is 0 Å². The third-order valence-corrected chi connectivity index (χ3v) is 5.03. The number of aliphatic carboxylic acids is 1. The van der Waals surface area contributed by atoms with Crippen LogP contribution in [0.25, 0.3) is 0 Å². The first-order chi connectivity index (χ1) is 16.3. The van der Waals surface area contributed by atoms with Gasteiger partial charge in [-0.15, -0.1) is 0 Å². The van der Waals surface area contributed by atoms with E-state index in [1.165, 1.54) is 6.21 Å². The maximum atomic E-state index is 12.7. The number of carbonyl (C=O) groups is 3. The number of carbonyl (C=O) groups excluding carboxylic acids is 2. The highest BCUT2D eigenvalue weighted by atomic mass is 127. The number of benzene rings is 2. The lowest BCUT2D eigenvalue weighted by Gasteiger charge is -2.17. The Morgan fingerprint density at radius 2 is 1.85 bits per heavy atom. The Labute approximate surface area is 210 Å². The second-order valence-corrected chi connectivity index (χ2v) is 7.95. The normalized spacial score (nSPS) is 11.5. The number of nitrogens with one attached hydrogen (secondary N) is 2. The van der Waals surface area contributed by atoms with E-state index in [2.05, 4.69) is 15.8 Å². The average Bonchev–Trinajstić information content (AvgIpc) is 2.79. The molecule has 1 atom stereocenters. The zero-order valence-electron chi connectivity index (χ0n) is 18.7. The van der Waals surface area contributed by atoms with Crippen LogP contribution in [-0.4, -0.2) is 55.2 Å². The molecule has 0 aromatic heterocycles. The van der Waals surface area contributed by atoms with E-state index in [-0.39, 0.29) is 13.0 Å². The van der Waals surface area contributed by atoms with Gasteiger partial charge in [-0.1, -0.05) is 30.3 Å². The number of carboxylic acid groups (broad SMARTS) is 1. The zero-order valence-corrected chi connectivity index (χ0v) is 20.9. The first kappa shape index (κ1) is 26.9. The molecule has 0 saturated heterocycles. The molecule has 0 unspecified atom stereocenters. The number of halogens is 1. The van der Waals surface area contributed by atoms with Gasteiger partial charge in [-0.25, -0.2) is 15.0 Å². The molecule has 182 valence electrons. The lowest BCUT2D eigenvalue weighted by molar-refractivity contribution is -0.139. The molecule has 3 N–H and O–H groups in total. The molecule has 11 heteroatoms. The van der Waals surface area contributed by atoms with Gasteiger partial charge in [-0.3, -0.25) is 4.79 Å². The molecule has 0 radical (unpaired) electrons. The van der Waals surface area contributed by atoms with Crippen LogP contribution in [0.3, 0.4) is 0 Å². The number of carboxylic acids is 1. The number of hydrogen-bond donors (Lipinski definition) is 3. The first-order valence-electron chi connectivity index (χ1n) is 10.4. The van der Waals surface area contributed by atoms with E-state index in [4.69, 9.17) is 19.3 Å². The van der Waals surface area contributed by atoms with E-state index < -0.39 is 30.6 Å². The van der Waals surface area contributed by atoms with Crippen molar-refractivity contribution >= 4 is 46.8 Å². The lowest BCUT2D eigenvalue weighted by atomic mass is 10.1. The van der Waals surface area contributed by atoms with Crippen LogP contribution in [0.15, 0.2) is 47.6 Å². The minimum atomic E-state index is -1.10. The summed E-state index contributed by atoms with van der Waals surface area (Å²) in [5.41, 5.74) is 3.88. The molecule has 0 saturated carbocycles. The van der Waals surface area contributed by atoms with E-state index in [9.17, 15) is 14.4 Å². The molecule has 0 spiro atoms. The highest BCUT2D eigenvalue weighted by molar-refractivity contribution is 14.1. The Bertz CT molecular complexity index is 1020. The van der Waals surface area contributed by atoms with E-state index in [0.717, 1.165) is 5.56 Å². The average molecular weight is 583 g/mol. The summed E-state index contributed by atoms with van der Waals surface area (Å²) in [6, 6.07) is 11.7. The maximum Gasteiger partial charge on any atom is 0.407 e. The van der Waals surface area contributed by atoms with Gasteiger partial charge in [0.25, 0.3) is 5.91 Å². The topological polar surface area (TPSA) is 136 Å². The molecule has 34 heavy (non-hydrogen) atoms. The van der Waals surface area contributed by atoms with Crippen LogP contribution in [0, 0.1) is 3.57 Å². The second-order valence-electron chi connectivity index (χ2n) is 6.79. The fraction of sp³-hybridized carbons (Fsp3) is 0.304. The third kappa shape index (κ3) is 8.89. The van der Waals surface area contributed by atoms with E-state index in [1.54, 1.807) is 26.0 Å². The minimum absolute atomic E-state index is 0.177. The first-order valence-corrected chi connectivity index (χ1v) is 11.5. The van der Waals surface area contributed by atoms with Gasteiger partial charge in [0.15, 0.2) is 18.1 Å². The molecule has 2 aromatic rings. The molecule has 0 aliphatic heterocycles. The van der Waals surface area contributed by atoms with Crippen molar-refractivity contribution in [1.82, 2.24) is 10.7 Å². The summed E-state index contributed by atoms with van der Waals surface area (Å²) in [7, 11) is 0. The highest BCUT2D eigenvalue weighted by Crippen LogP contribution is 2.33. The van der Waals surface area contributed by atoms with Crippen LogP contribution in [0.4, 0.5) is 4.79 Å². The molecule has 2 amide bonds. The zero-order chi connectivity index (χ0) is 24.9. The van der Waals surface area contributed by atoms with Crippen molar-refractivity contribution < 1.29 is 33.7 Å². The van der Waals surface area contributed by atoms with Crippen molar-refractivity contribution in [3.05, 3.63) is 57.2 Å². The van der Waals surface area contributed by atoms with E-state index in [0.29, 0.717) is 27.2 Å². The fourth-order valence-corrected chi connectivity index (χ4v) is 3.60. The van der Waals surface area contributed by atoms with Gasteiger partial charge in [-0.2, -0.15) is 5.10 Å². The highest BCUT2D eigenvalue weighted by Gasteiger charge is 2.21. The number of rotatable bonds is 12. The van der Waals surface area contributed by atoms with Gasteiger partial charge in [0.2, 0.25) is 0 Å². The molecule has 2 aromatic carbocycles. The van der Waals surface area contributed by atoms with Crippen molar-refractivity contribution in [2.45, 2.75) is 26.3 Å². The van der Waals surface area contributed by atoms with Crippen LogP contribution < -0.4 is 20.2 Å². The van der Waals surface area contributed by atoms with Crippen LogP contribution in [-0.2, 0) is 20.7 Å². The molecule has 0 bridgehead atoms. The second kappa shape index (κ2) is 14.0. The number of nitrogens with zero attached hydrogens (tertiary/aromatic N) is 1. The van der Waals surface area contributed by atoms with Gasteiger partial charge < -0.3 is 24.6 Å². The van der Waals surface area contributed by atoms with Crippen molar-refractivity contribution in [2.24, 2.45) is 5.10 Å². The molecule has 0 heterocycles. The number of alkyl carbamates (subject to hydrolysis) is 1. The quantitative estimate of drug-likeness (QED) is 0.199. The Balaban J connectivity index is 2.13. The van der Waals surface area contributed by atoms with E-state index >= 15 is 0 Å². The van der Waals surface area contributed by atoms with Gasteiger partial charge >= 0.3 is 12.1 Å². The van der Waals surface area contributed by atoms with Gasteiger partial charge in [0.1, 0.15) is 6.04 Å². The summed E-state index contributed by atoms with van der Waals surface area (Å²) >= 11 is 2.00. The van der Waals surface area contributed by atoms with Crippen LogP contribution in [0.5, 0.6) is 11.5 Å². The molecule has 0 aliphatic rings. The van der Waals surface area contributed by atoms with Gasteiger partial charge in [0.05, 0.1) is 23.0 Å². The standard InChI is InChI=1S/C23H26IN3O7/c1-3-32-19-12-16(10-17(24)21(19)34-14-20(28)29)13-25-27-22(30)18(26-23(31)33-4-2)11-15-8-6-5-7-9-15/h5-10,12-13,18H,3-4,11,14H2,1-2H3,(H,26,31)(H,27,30)(H,28,29)/b25-13-/t18-/m1/s1. The number of ether oxygens (including phenoxy) is 3. The predicted molar refractivity (Wildman–Crippen MR) is 133 cm³/mol. The van der Waals surface area contributed by atoms with Crippen LogP contribution >= 0.6 is 22.6 Å². The Hall–Kier alpha value is -3.35. The predicted octanol–water partition coefficient (Wildman–Crippen LogP) is 2.96.